The van der Waals surface area contributed by atoms with E-state index < -0.39 is 0 Å². The summed E-state index contributed by atoms with van der Waals surface area (Å²) < 4.78 is 0. The van der Waals surface area contributed by atoms with Crippen LogP contribution < -0.4 is 10.6 Å². The maximum absolute atomic E-state index is 12.4. The first-order valence-electron chi connectivity index (χ1n) is 7.90. The molecule has 1 fully saturated rings. The smallest absolute Gasteiger partial charge is 0.251 e. The molecule has 1 aliphatic heterocycles. The number of anilines is 1. The van der Waals surface area contributed by atoms with Crippen molar-refractivity contribution in [2.45, 2.75) is 51.5 Å². The lowest BCUT2D eigenvalue weighted by atomic mass is 10.0. The van der Waals surface area contributed by atoms with Crippen molar-refractivity contribution in [3.63, 3.8) is 0 Å². The summed E-state index contributed by atoms with van der Waals surface area (Å²) in [6, 6.07) is 6.39. The van der Waals surface area contributed by atoms with Crippen molar-refractivity contribution in [3.05, 3.63) is 29.3 Å². The minimum Gasteiger partial charge on any atom is -0.384 e. The summed E-state index contributed by atoms with van der Waals surface area (Å²) in [5.74, 6) is 0.891. The minimum absolute atomic E-state index is 0.0843. The Hall–Kier alpha value is -1.51. The molecule has 1 amide bonds. The topological polar surface area (TPSA) is 41.1 Å². The Morgan fingerprint density at radius 1 is 1.25 bits per heavy atom. The second kappa shape index (κ2) is 5.86. The fraction of sp³-hybridized carbons (Fsp3) is 0.588. The van der Waals surface area contributed by atoms with Crippen molar-refractivity contribution < 1.29 is 4.79 Å². The number of hydrogen-bond acceptors (Lipinski definition) is 2. The lowest BCUT2D eigenvalue weighted by Gasteiger charge is -2.16. The van der Waals surface area contributed by atoms with E-state index in [0.717, 1.165) is 43.0 Å². The number of carbonyl (C=O) groups excluding carboxylic acids is 1. The molecule has 2 N–H and O–H groups in total. The van der Waals surface area contributed by atoms with Gasteiger partial charge in [0.25, 0.3) is 5.91 Å². The van der Waals surface area contributed by atoms with Crippen LogP contribution in [0.5, 0.6) is 0 Å². The number of fused-ring (bicyclic) bond motifs is 1. The Labute approximate surface area is 121 Å². The standard InChI is InChI=1S/C17H24N2O/c1-12-3-2-4-15(8-5-12)19-17(20)14-7-6-13-9-10-18-16(13)11-14/h6-7,11-12,15,18H,2-5,8-10H2,1H3,(H,19,20). The number of amides is 1. The molecule has 2 atom stereocenters. The third kappa shape index (κ3) is 2.97. The third-order valence-electron chi connectivity index (χ3n) is 4.67. The zero-order valence-electron chi connectivity index (χ0n) is 12.2. The van der Waals surface area contributed by atoms with Crippen LogP contribution in [0.2, 0.25) is 0 Å². The van der Waals surface area contributed by atoms with Crippen molar-refractivity contribution >= 4 is 11.6 Å². The van der Waals surface area contributed by atoms with E-state index >= 15 is 0 Å². The van der Waals surface area contributed by atoms with Crippen LogP contribution in [0, 0.1) is 5.92 Å². The number of carbonyl (C=O) groups is 1. The molecule has 1 aromatic rings. The van der Waals surface area contributed by atoms with Crippen molar-refractivity contribution in [2.24, 2.45) is 5.92 Å². The summed E-state index contributed by atoms with van der Waals surface area (Å²) in [4.78, 5) is 12.4. The fourth-order valence-corrected chi connectivity index (χ4v) is 3.33. The molecular weight excluding hydrogens is 248 g/mol. The average molecular weight is 272 g/mol. The normalized spacial score (nSPS) is 25.4. The Morgan fingerprint density at radius 3 is 3.05 bits per heavy atom. The molecule has 1 aliphatic carbocycles. The molecular formula is C17H24N2O. The highest BCUT2D eigenvalue weighted by Crippen LogP contribution is 2.25. The molecule has 2 unspecified atom stereocenters. The van der Waals surface area contributed by atoms with Gasteiger partial charge in [-0.05, 0) is 49.3 Å². The van der Waals surface area contributed by atoms with Gasteiger partial charge in [0.2, 0.25) is 0 Å². The summed E-state index contributed by atoms with van der Waals surface area (Å²) >= 11 is 0. The van der Waals surface area contributed by atoms with Gasteiger partial charge >= 0.3 is 0 Å². The van der Waals surface area contributed by atoms with Gasteiger partial charge in [-0.1, -0.05) is 25.8 Å². The molecule has 0 radical (unpaired) electrons. The minimum atomic E-state index is 0.0843. The number of hydrogen-bond donors (Lipinski definition) is 2. The van der Waals surface area contributed by atoms with Crippen LogP contribution in [0.15, 0.2) is 18.2 Å². The van der Waals surface area contributed by atoms with Crippen LogP contribution in [0.4, 0.5) is 5.69 Å². The molecule has 2 aliphatic rings. The van der Waals surface area contributed by atoms with Crippen molar-refractivity contribution in [1.82, 2.24) is 5.32 Å². The maximum Gasteiger partial charge on any atom is 0.251 e. The predicted molar refractivity (Wildman–Crippen MR) is 82.1 cm³/mol. The van der Waals surface area contributed by atoms with Crippen LogP contribution in [0.3, 0.4) is 0 Å². The molecule has 20 heavy (non-hydrogen) atoms. The molecule has 3 nitrogen and oxygen atoms in total. The van der Waals surface area contributed by atoms with E-state index in [-0.39, 0.29) is 5.91 Å². The first-order valence-corrected chi connectivity index (χ1v) is 7.90. The number of rotatable bonds is 2. The first-order chi connectivity index (χ1) is 9.72. The summed E-state index contributed by atoms with van der Waals surface area (Å²) in [7, 11) is 0. The van der Waals surface area contributed by atoms with Crippen LogP contribution >= 0.6 is 0 Å². The van der Waals surface area contributed by atoms with Crippen LogP contribution in [-0.4, -0.2) is 18.5 Å². The Morgan fingerprint density at radius 2 is 2.15 bits per heavy atom. The largest absolute Gasteiger partial charge is 0.384 e. The van der Waals surface area contributed by atoms with Crippen LogP contribution in [-0.2, 0) is 6.42 Å². The van der Waals surface area contributed by atoms with Crippen molar-refractivity contribution in [2.75, 3.05) is 11.9 Å². The molecule has 3 rings (SSSR count). The fourth-order valence-electron chi connectivity index (χ4n) is 3.33. The summed E-state index contributed by atoms with van der Waals surface area (Å²) in [5, 5.41) is 6.55. The van der Waals surface area contributed by atoms with Gasteiger partial charge in [-0.2, -0.15) is 0 Å². The molecule has 108 valence electrons. The quantitative estimate of drug-likeness (QED) is 0.811. The Kier molecular flexibility index (Phi) is 3.95. The lowest BCUT2D eigenvalue weighted by Crippen LogP contribution is -2.34. The molecule has 1 aromatic carbocycles. The maximum atomic E-state index is 12.4. The number of benzene rings is 1. The molecule has 3 heteroatoms. The van der Waals surface area contributed by atoms with Gasteiger partial charge in [-0.15, -0.1) is 0 Å². The summed E-state index contributed by atoms with van der Waals surface area (Å²) in [6.07, 6.45) is 7.08. The van der Waals surface area contributed by atoms with Gasteiger partial charge in [-0.25, -0.2) is 0 Å². The highest BCUT2D eigenvalue weighted by molar-refractivity contribution is 5.95. The van der Waals surface area contributed by atoms with E-state index in [1.165, 1.54) is 24.8 Å². The molecule has 0 aromatic heterocycles. The monoisotopic (exact) mass is 272 g/mol. The van der Waals surface area contributed by atoms with Gasteiger partial charge in [0.15, 0.2) is 0 Å². The van der Waals surface area contributed by atoms with Crippen LogP contribution in [0.1, 0.15) is 54.9 Å². The van der Waals surface area contributed by atoms with Gasteiger partial charge in [0.1, 0.15) is 0 Å². The second-order valence-corrected chi connectivity index (χ2v) is 6.33. The van der Waals surface area contributed by atoms with E-state index in [0.29, 0.717) is 6.04 Å². The van der Waals surface area contributed by atoms with Gasteiger partial charge < -0.3 is 10.6 Å². The molecule has 1 heterocycles. The molecule has 0 saturated heterocycles. The first kappa shape index (κ1) is 13.5. The predicted octanol–water partition coefficient (Wildman–Crippen LogP) is 3.35. The number of nitrogens with one attached hydrogen (secondary N) is 2. The van der Waals surface area contributed by atoms with E-state index in [2.05, 4.69) is 23.6 Å². The van der Waals surface area contributed by atoms with Crippen LogP contribution in [0.25, 0.3) is 0 Å². The molecule has 0 spiro atoms. The highest BCUT2D eigenvalue weighted by Gasteiger charge is 2.19. The molecule has 1 saturated carbocycles. The van der Waals surface area contributed by atoms with Crippen molar-refractivity contribution in [1.29, 1.82) is 0 Å². The van der Waals surface area contributed by atoms with Gasteiger partial charge in [0, 0.05) is 23.8 Å². The lowest BCUT2D eigenvalue weighted by molar-refractivity contribution is 0.0933. The summed E-state index contributed by atoms with van der Waals surface area (Å²) in [5.41, 5.74) is 3.24. The van der Waals surface area contributed by atoms with Crippen molar-refractivity contribution in [3.8, 4) is 0 Å². The molecule has 0 bridgehead atoms. The highest BCUT2D eigenvalue weighted by atomic mass is 16.1. The van der Waals surface area contributed by atoms with E-state index in [4.69, 9.17) is 0 Å². The zero-order valence-corrected chi connectivity index (χ0v) is 12.2. The zero-order chi connectivity index (χ0) is 13.9. The SMILES string of the molecule is CC1CCCC(NC(=O)c2ccc3c(c2)NCC3)CC1. The van der Waals surface area contributed by atoms with Gasteiger partial charge in [-0.3, -0.25) is 4.79 Å². The average Bonchev–Trinajstić information content (AvgIpc) is 2.82. The third-order valence-corrected chi connectivity index (χ3v) is 4.67. The van der Waals surface area contributed by atoms with E-state index in [9.17, 15) is 4.79 Å². The Bertz CT molecular complexity index is 498. The second-order valence-electron chi connectivity index (χ2n) is 6.33. The van der Waals surface area contributed by atoms with E-state index in [1.54, 1.807) is 0 Å². The Balaban J connectivity index is 1.64. The van der Waals surface area contributed by atoms with Gasteiger partial charge in [0.05, 0.1) is 0 Å². The van der Waals surface area contributed by atoms with E-state index in [1.807, 2.05) is 12.1 Å². The summed E-state index contributed by atoms with van der Waals surface area (Å²) in [6.45, 7) is 3.30.